The Morgan fingerprint density at radius 2 is 2.27 bits per heavy atom. The van der Waals surface area contributed by atoms with Gasteiger partial charge in [-0.2, -0.15) is 0 Å². The van der Waals surface area contributed by atoms with Gasteiger partial charge in [-0.1, -0.05) is 0 Å². The van der Waals surface area contributed by atoms with Crippen molar-refractivity contribution in [2.45, 2.75) is 0 Å². The molecule has 58 valence electrons. The number of aromatic nitrogens is 3. The number of H-pyrrole nitrogens is 1. The molecule has 5 N–H and O–H groups in total. The van der Waals surface area contributed by atoms with Gasteiger partial charge in [0, 0.05) is 0 Å². The van der Waals surface area contributed by atoms with E-state index in [-0.39, 0.29) is 17.5 Å². The van der Waals surface area contributed by atoms with Gasteiger partial charge < -0.3 is 15.9 Å². The van der Waals surface area contributed by atoms with Crippen molar-refractivity contribution in [3.05, 3.63) is 10.5 Å². The lowest BCUT2D eigenvalue weighted by Gasteiger charge is -1.77. The second kappa shape index (κ2) is 1.57. The molecule has 7 heteroatoms. The minimum absolute atomic E-state index is 0.0854. The van der Waals surface area contributed by atoms with Crippen molar-refractivity contribution in [3.63, 3.8) is 0 Å². The minimum Gasteiger partial charge on any atom is -0.402 e. The van der Waals surface area contributed by atoms with Crippen LogP contribution in [0.5, 0.6) is 0 Å². The van der Waals surface area contributed by atoms with Crippen LogP contribution < -0.4 is 17.2 Å². The van der Waals surface area contributed by atoms with E-state index in [0.717, 1.165) is 4.52 Å². The second-order valence-electron chi connectivity index (χ2n) is 2.00. The molecule has 0 spiro atoms. The summed E-state index contributed by atoms with van der Waals surface area (Å²) in [5, 5.41) is 3.54. The molecule has 0 aliphatic rings. The number of anilines is 2. The van der Waals surface area contributed by atoms with E-state index < -0.39 is 5.69 Å². The Morgan fingerprint density at radius 1 is 1.55 bits per heavy atom. The molecule has 2 aromatic rings. The number of imidazole rings is 1. The van der Waals surface area contributed by atoms with E-state index in [1.54, 1.807) is 0 Å². The summed E-state index contributed by atoms with van der Waals surface area (Å²) in [7, 11) is 0. The van der Waals surface area contributed by atoms with E-state index in [4.69, 9.17) is 15.9 Å². The fourth-order valence-corrected chi connectivity index (χ4v) is 0.835. The highest BCUT2D eigenvalue weighted by Gasteiger charge is 2.09. The van der Waals surface area contributed by atoms with E-state index in [1.165, 1.54) is 0 Å². The largest absolute Gasteiger partial charge is 0.402 e. The summed E-state index contributed by atoms with van der Waals surface area (Å²) in [6.45, 7) is 0. The van der Waals surface area contributed by atoms with E-state index in [9.17, 15) is 4.79 Å². The van der Waals surface area contributed by atoms with Crippen molar-refractivity contribution in [2.75, 3.05) is 11.5 Å². The van der Waals surface area contributed by atoms with Crippen LogP contribution in [0.4, 0.5) is 11.8 Å². The first-order valence-electron chi connectivity index (χ1n) is 2.81. The highest BCUT2D eigenvalue weighted by Crippen LogP contribution is 2.10. The molecule has 7 nitrogen and oxygen atoms in total. The second-order valence-corrected chi connectivity index (χ2v) is 2.00. The van der Waals surface area contributed by atoms with Gasteiger partial charge in [-0.25, -0.2) is 4.79 Å². The molecule has 2 heterocycles. The van der Waals surface area contributed by atoms with Gasteiger partial charge in [0.2, 0.25) is 0 Å². The molecule has 0 amide bonds. The number of nitrogens with two attached hydrogens (primary N) is 2. The molecule has 0 aromatic carbocycles. The van der Waals surface area contributed by atoms with Gasteiger partial charge in [-0.3, -0.25) is 4.98 Å². The molecule has 0 fully saturated rings. The molecule has 0 aliphatic heterocycles. The molecule has 0 bridgehead atoms. The van der Waals surface area contributed by atoms with Crippen molar-refractivity contribution in [2.24, 2.45) is 0 Å². The Hall–Kier alpha value is -1.92. The molecule has 0 saturated heterocycles. The minimum atomic E-state index is -0.460. The van der Waals surface area contributed by atoms with Crippen LogP contribution in [0, 0.1) is 0 Å². The summed E-state index contributed by atoms with van der Waals surface area (Å²) in [4.78, 5) is 13.2. The van der Waals surface area contributed by atoms with E-state index in [1.807, 2.05) is 0 Å². The maximum atomic E-state index is 10.9. The number of rotatable bonds is 0. The maximum absolute atomic E-state index is 10.9. The van der Waals surface area contributed by atoms with Crippen molar-refractivity contribution in [1.82, 2.24) is 14.6 Å². The predicted molar refractivity (Wildman–Crippen MR) is 36.9 cm³/mol. The average Bonchev–Trinajstić information content (AvgIpc) is 2.38. The van der Waals surface area contributed by atoms with Gasteiger partial charge >= 0.3 is 11.7 Å². The number of nitrogens with one attached hydrogen (secondary N) is 1. The first-order valence-corrected chi connectivity index (χ1v) is 2.81. The molecule has 11 heavy (non-hydrogen) atoms. The van der Waals surface area contributed by atoms with Crippen molar-refractivity contribution < 1.29 is 4.42 Å². The SMILES string of the molecule is Nc1nn2c(=O)[nH]c(N)c2o1. The lowest BCUT2D eigenvalue weighted by Crippen LogP contribution is -2.10. The van der Waals surface area contributed by atoms with E-state index in [2.05, 4.69) is 10.1 Å². The molecule has 2 aromatic heterocycles. The molecular weight excluding hydrogens is 150 g/mol. The lowest BCUT2D eigenvalue weighted by molar-refractivity contribution is 0.624. The Kier molecular flexibility index (Phi) is 0.831. The number of hydrogen-bond acceptors (Lipinski definition) is 5. The molecule has 0 saturated carbocycles. The Labute approximate surface area is 59.6 Å². The summed E-state index contributed by atoms with van der Waals surface area (Å²) in [5.74, 6) is 0.124. The molecule has 0 unspecified atom stereocenters. The number of aromatic amines is 1. The highest BCUT2D eigenvalue weighted by molar-refractivity contribution is 5.57. The third-order valence-electron chi connectivity index (χ3n) is 1.26. The van der Waals surface area contributed by atoms with Crippen LogP contribution in [0.2, 0.25) is 0 Å². The van der Waals surface area contributed by atoms with Crippen LogP contribution in [0.1, 0.15) is 0 Å². The van der Waals surface area contributed by atoms with Crippen LogP contribution in [0.25, 0.3) is 5.71 Å². The first kappa shape index (κ1) is 5.83. The molecular formula is C4H5N5O2. The Balaban J connectivity index is 3.03. The monoisotopic (exact) mass is 155 g/mol. The summed E-state index contributed by atoms with van der Waals surface area (Å²) in [5.41, 5.74) is 10.2. The van der Waals surface area contributed by atoms with Gasteiger partial charge in [-0.15, -0.1) is 9.61 Å². The van der Waals surface area contributed by atoms with E-state index in [0.29, 0.717) is 0 Å². The zero-order valence-electron chi connectivity index (χ0n) is 5.37. The Bertz CT molecular complexity index is 448. The van der Waals surface area contributed by atoms with Crippen molar-refractivity contribution >= 4 is 17.5 Å². The van der Waals surface area contributed by atoms with Crippen LogP contribution in [-0.4, -0.2) is 14.6 Å². The zero-order chi connectivity index (χ0) is 8.01. The smallest absolute Gasteiger partial charge is 0.351 e. The third-order valence-corrected chi connectivity index (χ3v) is 1.26. The number of hydrogen-bond donors (Lipinski definition) is 3. The topological polar surface area (TPSA) is 115 Å². The quantitative estimate of drug-likeness (QED) is 0.441. The summed E-state index contributed by atoms with van der Waals surface area (Å²) >= 11 is 0. The summed E-state index contributed by atoms with van der Waals surface area (Å²) in [6.07, 6.45) is 0. The van der Waals surface area contributed by atoms with Gasteiger partial charge in [0.1, 0.15) is 0 Å². The maximum Gasteiger partial charge on any atom is 0.351 e. The van der Waals surface area contributed by atoms with Crippen LogP contribution in [0.3, 0.4) is 0 Å². The fourth-order valence-electron chi connectivity index (χ4n) is 0.835. The normalized spacial score (nSPS) is 10.9. The number of fused-ring (bicyclic) bond motifs is 1. The Morgan fingerprint density at radius 3 is 2.91 bits per heavy atom. The van der Waals surface area contributed by atoms with Gasteiger partial charge in [0.15, 0.2) is 5.82 Å². The van der Waals surface area contributed by atoms with Gasteiger partial charge in [0.05, 0.1) is 0 Å². The fraction of sp³-hybridized carbons (Fsp3) is 0. The molecule has 0 atom stereocenters. The predicted octanol–water partition coefficient (Wildman–Crippen LogP) is -1.22. The van der Waals surface area contributed by atoms with Crippen LogP contribution >= 0.6 is 0 Å². The highest BCUT2D eigenvalue weighted by atomic mass is 16.4. The van der Waals surface area contributed by atoms with E-state index >= 15 is 0 Å². The third kappa shape index (κ3) is 0.613. The number of nitrogens with zero attached hydrogens (tertiary/aromatic N) is 2. The van der Waals surface area contributed by atoms with Crippen molar-refractivity contribution in [3.8, 4) is 0 Å². The standard InChI is InChI=1S/C4H5N5O2/c5-1-2-9(4(10)7-1)8-3(6)11-2/h5H2,(H2,6,8)(H,7,10). The van der Waals surface area contributed by atoms with Gasteiger partial charge in [0.25, 0.3) is 5.71 Å². The summed E-state index contributed by atoms with van der Waals surface area (Å²) in [6, 6.07) is -0.0854. The van der Waals surface area contributed by atoms with Crippen LogP contribution in [0.15, 0.2) is 9.21 Å². The van der Waals surface area contributed by atoms with Gasteiger partial charge in [-0.05, 0) is 0 Å². The number of nitrogen functional groups attached to an aromatic ring is 2. The molecule has 2 rings (SSSR count). The average molecular weight is 155 g/mol. The lowest BCUT2D eigenvalue weighted by atomic mass is 10.8. The van der Waals surface area contributed by atoms with Crippen molar-refractivity contribution in [1.29, 1.82) is 0 Å². The summed E-state index contributed by atoms with van der Waals surface area (Å²) < 4.78 is 5.76. The molecule has 0 radical (unpaired) electrons. The zero-order valence-corrected chi connectivity index (χ0v) is 5.37. The van der Waals surface area contributed by atoms with Crippen LogP contribution in [-0.2, 0) is 0 Å². The first-order chi connectivity index (χ1) is 5.18. The molecule has 0 aliphatic carbocycles.